The molecule has 5 nitrogen and oxygen atoms in total. The van der Waals surface area contributed by atoms with Crippen molar-refractivity contribution in [3.05, 3.63) is 63.9 Å². The summed E-state index contributed by atoms with van der Waals surface area (Å²) in [5, 5.41) is 9.20. The minimum Gasteiger partial charge on any atom is -0.363 e. The highest BCUT2D eigenvalue weighted by Crippen LogP contribution is 2.36. The van der Waals surface area contributed by atoms with E-state index in [9.17, 15) is 26.0 Å². The van der Waals surface area contributed by atoms with Gasteiger partial charge in [0.15, 0.2) is 0 Å². The average Bonchev–Trinajstić information content (AvgIpc) is 3.15. The summed E-state index contributed by atoms with van der Waals surface area (Å²) in [6.07, 6.45) is -3.48. The Labute approximate surface area is 182 Å². The molecule has 31 heavy (non-hydrogen) atoms. The Morgan fingerprint density at radius 2 is 2.00 bits per heavy atom. The lowest BCUT2D eigenvalue weighted by Gasteiger charge is -2.32. The fraction of sp³-hybridized carbons (Fsp3) is 0.350. The Bertz CT molecular complexity index is 1130. The first-order valence-corrected chi connectivity index (χ1v) is 11.4. The van der Waals surface area contributed by atoms with Crippen molar-refractivity contribution in [3.63, 3.8) is 0 Å². The number of sulfonamides is 1. The van der Waals surface area contributed by atoms with Crippen molar-refractivity contribution >= 4 is 27.3 Å². The van der Waals surface area contributed by atoms with Crippen molar-refractivity contribution in [1.29, 1.82) is 5.26 Å². The third-order valence-corrected chi connectivity index (χ3v) is 6.75. The summed E-state index contributed by atoms with van der Waals surface area (Å²) >= 11 is 6.12. The molecular formula is C20H18ClF4N3O2S. The maximum atomic E-state index is 14.1. The molecule has 2 aromatic rings. The fourth-order valence-electron chi connectivity index (χ4n) is 3.67. The first-order chi connectivity index (χ1) is 14.4. The number of alkyl halides is 3. The molecule has 0 unspecified atom stereocenters. The monoisotopic (exact) mass is 475 g/mol. The van der Waals surface area contributed by atoms with E-state index in [0.717, 1.165) is 12.3 Å². The average molecular weight is 476 g/mol. The zero-order chi connectivity index (χ0) is 23.0. The van der Waals surface area contributed by atoms with Gasteiger partial charge >= 0.3 is 6.18 Å². The topological polar surface area (TPSA) is 64.4 Å². The Morgan fingerprint density at radius 1 is 1.29 bits per heavy atom. The van der Waals surface area contributed by atoms with Crippen LogP contribution in [-0.2, 0) is 22.7 Å². The molecule has 0 N–H and O–H groups in total. The molecule has 166 valence electrons. The standard InChI is InChI=1S/C20H18ClF4N3O2S/c1-31(29,30)27-8-7-16(12-27)28(15-6-5-13(10-26)17(21)9-15)11-14-3-2-4-18(22)19(14)20(23,24)25/h2-6,9,16H,7-8,11-12H2,1H3/t16-/m0/s1. The Morgan fingerprint density at radius 3 is 2.55 bits per heavy atom. The van der Waals surface area contributed by atoms with Gasteiger partial charge in [-0.3, -0.25) is 0 Å². The van der Waals surface area contributed by atoms with Crippen LogP contribution in [0.2, 0.25) is 5.02 Å². The van der Waals surface area contributed by atoms with Crippen LogP contribution >= 0.6 is 11.6 Å². The Balaban J connectivity index is 2.05. The number of nitrogens with zero attached hydrogens (tertiary/aromatic N) is 3. The van der Waals surface area contributed by atoms with E-state index in [1.807, 2.05) is 6.07 Å². The molecule has 1 fully saturated rings. The largest absolute Gasteiger partial charge is 0.419 e. The normalized spacial score (nSPS) is 17.5. The smallest absolute Gasteiger partial charge is 0.363 e. The maximum absolute atomic E-state index is 14.1. The summed E-state index contributed by atoms with van der Waals surface area (Å²) in [5.41, 5.74) is -1.05. The zero-order valence-corrected chi connectivity index (χ0v) is 17.9. The second-order valence-corrected chi connectivity index (χ2v) is 9.63. The number of nitriles is 1. The summed E-state index contributed by atoms with van der Waals surface area (Å²) in [6.45, 7) is -0.0521. The van der Waals surface area contributed by atoms with Crippen LogP contribution in [0, 0.1) is 17.1 Å². The van der Waals surface area contributed by atoms with E-state index >= 15 is 0 Å². The van der Waals surface area contributed by atoms with Gasteiger partial charge in [-0.15, -0.1) is 0 Å². The van der Waals surface area contributed by atoms with Crippen molar-refractivity contribution in [2.24, 2.45) is 0 Å². The van der Waals surface area contributed by atoms with Crippen molar-refractivity contribution < 1.29 is 26.0 Å². The predicted molar refractivity (Wildman–Crippen MR) is 109 cm³/mol. The second kappa shape index (κ2) is 8.65. The van der Waals surface area contributed by atoms with Gasteiger partial charge in [-0.05, 0) is 36.2 Å². The summed E-state index contributed by atoms with van der Waals surface area (Å²) in [6, 6.07) is 8.97. The molecular weight excluding hydrogens is 458 g/mol. The third-order valence-electron chi connectivity index (χ3n) is 5.16. The van der Waals surface area contributed by atoms with E-state index in [1.54, 1.807) is 4.90 Å². The summed E-state index contributed by atoms with van der Waals surface area (Å²) in [5.74, 6) is -1.38. The van der Waals surface area contributed by atoms with Crippen molar-refractivity contribution in [2.45, 2.75) is 25.2 Å². The Kier molecular flexibility index (Phi) is 6.51. The molecule has 0 aromatic heterocycles. The number of hydrogen-bond donors (Lipinski definition) is 0. The van der Waals surface area contributed by atoms with Gasteiger partial charge < -0.3 is 4.90 Å². The molecule has 1 heterocycles. The van der Waals surface area contributed by atoms with Crippen LogP contribution in [0.3, 0.4) is 0 Å². The summed E-state index contributed by atoms with van der Waals surface area (Å²) in [7, 11) is -3.48. The van der Waals surface area contributed by atoms with Crippen LogP contribution in [-0.4, -0.2) is 38.1 Å². The van der Waals surface area contributed by atoms with Crippen LogP contribution in [0.4, 0.5) is 23.2 Å². The van der Waals surface area contributed by atoms with Gasteiger partial charge in [0.25, 0.3) is 0 Å². The van der Waals surface area contributed by atoms with E-state index in [0.29, 0.717) is 12.1 Å². The number of hydrogen-bond acceptors (Lipinski definition) is 4. The summed E-state index contributed by atoms with van der Waals surface area (Å²) in [4.78, 5) is 1.57. The van der Waals surface area contributed by atoms with Gasteiger partial charge in [-0.2, -0.15) is 18.4 Å². The minimum atomic E-state index is -4.90. The third kappa shape index (κ3) is 5.11. The number of halogens is 5. The lowest BCUT2D eigenvalue weighted by molar-refractivity contribution is -0.140. The molecule has 0 amide bonds. The van der Waals surface area contributed by atoms with Crippen molar-refractivity contribution in [3.8, 4) is 6.07 Å². The highest BCUT2D eigenvalue weighted by atomic mass is 35.5. The fourth-order valence-corrected chi connectivity index (χ4v) is 4.77. The molecule has 0 spiro atoms. The molecule has 0 radical (unpaired) electrons. The van der Waals surface area contributed by atoms with Crippen LogP contribution < -0.4 is 4.90 Å². The number of anilines is 1. The van der Waals surface area contributed by atoms with E-state index in [4.69, 9.17) is 16.9 Å². The Hall–Kier alpha value is -2.35. The quantitative estimate of drug-likeness (QED) is 0.601. The molecule has 0 aliphatic carbocycles. The molecule has 1 atom stereocenters. The van der Waals surface area contributed by atoms with Gasteiger partial charge in [0.05, 0.1) is 22.4 Å². The molecule has 3 rings (SSSR count). The molecule has 0 saturated carbocycles. The lowest BCUT2D eigenvalue weighted by atomic mass is 10.0. The van der Waals surface area contributed by atoms with Gasteiger partial charge in [-0.1, -0.05) is 23.7 Å². The molecule has 1 saturated heterocycles. The van der Waals surface area contributed by atoms with Gasteiger partial charge in [0, 0.05) is 31.4 Å². The molecule has 1 aliphatic rings. The minimum absolute atomic E-state index is 0.0626. The van der Waals surface area contributed by atoms with Gasteiger partial charge in [-0.25, -0.2) is 17.1 Å². The van der Waals surface area contributed by atoms with E-state index in [1.165, 1.54) is 34.6 Å². The van der Waals surface area contributed by atoms with E-state index in [2.05, 4.69) is 0 Å². The van der Waals surface area contributed by atoms with Crippen LogP contribution in [0.15, 0.2) is 36.4 Å². The van der Waals surface area contributed by atoms with Crippen molar-refractivity contribution in [1.82, 2.24) is 4.31 Å². The second-order valence-electron chi connectivity index (χ2n) is 7.24. The highest BCUT2D eigenvalue weighted by molar-refractivity contribution is 7.88. The van der Waals surface area contributed by atoms with E-state index in [-0.39, 0.29) is 35.8 Å². The van der Waals surface area contributed by atoms with Gasteiger partial charge in [0.2, 0.25) is 10.0 Å². The van der Waals surface area contributed by atoms with Crippen LogP contribution in [0.5, 0.6) is 0 Å². The first-order valence-electron chi connectivity index (χ1n) is 9.18. The van der Waals surface area contributed by atoms with Crippen LogP contribution in [0.1, 0.15) is 23.1 Å². The molecule has 0 bridgehead atoms. The first kappa shape index (κ1) is 23.3. The SMILES string of the molecule is CS(=O)(=O)N1CC[C@H](N(Cc2cccc(F)c2C(F)(F)F)c2ccc(C#N)c(Cl)c2)C1. The molecule has 11 heteroatoms. The maximum Gasteiger partial charge on any atom is 0.419 e. The lowest BCUT2D eigenvalue weighted by Crippen LogP contribution is -2.39. The highest BCUT2D eigenvalue weighted by Gasteiger charge is 2.38. The number of benzene rings is 2. The molecule has 1 aliphatic heterocycles. The predicted octanol–water partition coefficient (Wildman–Crippen LogP) is 4.41. The zero-order valence-electron chi connectivity index (χ0n) is 16.3. The van der Waals surface area contributed by atoms with Gasteiger partial charge in [0.1, 0.15) is 11.9 Å². The van der Waals surface area contributed by atoms with Crippen LogP contribution in [0.25, 0.3) is 0 Å². The number of rotatable bonds is 5. The summed E-state index contributed by atoms with van der Waals surface area (Å²) < 4.78 is 79.7. The van der Waals surface area contributed by atoms with E-state index < -0.39 is 33.6 Å². The molecule has 2 aromatic carbocycles. The van der Waals surface area contributed by atoms with Crippen molar-refractivity contribution in [2.75, 3.05) is 24.2 Å².